The third-order valence-corrected chi connectivity index (χ3v) is 6.68. The number of rotatable bonds is 7. The Morgan fingerprint density at radius 3 is 2.39 bits per heavy atom. The lowest BCUT2D eigenvalue weighted by atomic mass is 9.72. The van der Waals surface area contributed by atoms with Crippen molar-refractivity contribution in [2.45, 2.75) is 78.8 Å². The number of aliphatic carboxylic acids is 1. The Balaban J connectivity index is 2.03. The quantitative estimate of drug-likeness (QED) is 0.467. The van der Waals surface area contributed by atoms with Gasteiger partial charge in [0.1, 0.15) is 5.82 Å². The number of nitrogens with zero attached hydrogens (tertiary/aromatic N) is 4. The van der Waals surface area contributed by atoms with Crippen LogP contribution in [-0.4, -0.2) is 60.3 Å². The minimum absolute atomic E-state index is 0.000347. The van der Waals surface area contributed by atoms with Gasteiger partial charge in [-0.3, -0.25) is 14.3 Å². The molecule has 2 aromatic rings. The number of piperidine rings is 1. The Morgan fingerprint density at radius 1 is 1.22 bits per heavy atom. The van der Waals surface area contributed by atoms with Crippen LogP contribution in [0.1, 0.15) is 75.6 Å². The molecule has 0 radical (unpaired) electrons. The summed E-state index contributed by atoms with van der Waals surface area (Å²) in [5.74, 6) is -1.80. The molecule has 1 fully saturated rings. The van der Waals surface area contributed by atoms with Crippen molar-refractivity contribution >= 4 is 29.5 Å². The molecule has 0 spiro atoms. The Labute approximate surface area is 209 Å². The van der Waals surface area contributed by atoms with Gasteiger partial charge in [-0.15, -0.1) is 0 Å². The van der Waals surface area contributed by atoms with Crippen molar-refractivity contribution in [3.05, 3.63) is 34.9 Å². The fourth-order valence-electron chi connectivity index (χ4n) is 4.87. The Morgan fingerprint density at radius 2 is 1.89 bits per heavy atom. The number of amides is 1. The average molecular weight is 504 g/mol. The third kappa shape index (κ3) is 5.34. The van der Waals surface area contributed by atoms with E-state index in [4.69, 9.17) is 0 Å². The van der Waals surface area contributed by atoms with E-state index in [1.165, 1.54) is 11.0 Å². The van der Waals surface area contributed by atoms with Crippen LogP contribution in [0.3, 0.4) is 0 Å². The molecule has 196 valence electrons. The van der Waals surface area contributed by atoms with Gasteiger partial charge in [-0.1, -0.05) is 6.92 Å². The van der Waals surface area contributed by atoms with Gasteiger partial charge < -0.3 is 20.4 Å². The lowest BCUT2D eigenvalue weighted by Gasteiger charge is -2.42. The Bertz CT molecular complexity index is 1190. The highest BCUT2D eigenvalue weighted by molar-refractivity contribution is 5.97. The summed E-state index contributed by atoms with van der Waals surface area (Å²) >= 11 is 0. The second-order valence-electron chi connectivity index (χ2n) is 10.5. The predicted octanol–water partition coefficient (Wildman–Crippen LogP) is 4.59. The van der Waals surface area contributed by atoms with Crippen LogP contribution in [0.5, 0.6) is 0 Å². The number of carboxylic acids is 1. The van der Waals surface area contributed by atoms with Gasteiger partial charge in [0.2, 0.25) is 0 Å². The lowest BCUT2D eigenvalue weighted by Crippen LogP contribution is -2.51. The topological polar surface area (TPSA) is 138 Å². The van der Waals surface area contributed by atoms with Crippen LogP contribution in [0.4, 0.5) is 20.8 Å². The molecule has 3 rings (SSSR count). The van der Waals surface area contributed by atoms with Gasteiger partial charge in [0.05, 0.1) is 22.2 Å². The van der Waals surface area contributed by atoms with E-state index in [0.29, 0.717) is 5.82 Å². The van der Waals surface area contributed by atoms with E-state index in [-0.39, 0.29) is 54.8 Å². The number of carboxylic acid groups (broad SMARTS) is 2. The number of aryl methyl sites for hydroxylation is 1. The summed E-state index contributed by atoms with van der Waals surface area (Å²) in [4.78, 5) is 42.0. The molecule has 0 saturated carbocycles. The molecule has 2 unspecified atom stereocenters. The van der Waals surface area contributed by atoms with Gasteiger partial charge in [0.15, 0.2) is 17.4 Å². The zero-order chi connectivity index (χ0) is 27.0. The van der Waals surface area contributed by atoms with E-state index in [1.54, 1.807) is 19.9 Å². The molecule has 3 N–H and O–H groups in total. The van der Waals surface area contributed by atoms with E-state index < -0.39 is 35.1 Å². The van der Waals surface area contributed by atoms with Gasteiger partial charge in [0, 0.05) is 37.2 Å². The molecule has 11 heteroatoms. The van der Waals surface area contributed by atoms with E-state index in [0.717, 1.165) is 5.69 Å². The zero-order valence-electron chi connectivity index (χ0n) is 21.6. The number of ketones is 1. The molecule has 1 aliphatic rings. The van der Waals surface area contributed by atoms with Gasteiger partial charge in [0.25, 0.3) is 0 Å². The number of anilines is 2. The third-order valence-electron chi connectivity index (χ3n) is 6.68. The molecule has 1 amide bonds. The molecule has 10 nitrogen and oxygen atoms in total. The lowest BCUT2D eigenvalue weighted by molar-refractivity contribution is -0.153. The van der Waals surface area contributed by atoms with Crippen LogP contribution in [0, 0.1) is 18.2 Å². The number of aromatic nitrogens is 3. The number of carbonyl (C=O) groups excluding carboxylic acids is 1. The summed E-state index contributed by atoms with van der Waals surface area (Å²) in [6.45, 7) is 11.2. The highest BCUT2D eigenvalue weighted by Gasteiger charge is 2.46. The monoisotopic (exact) mass is 503 g/mol. The maximum Gasteiger partial charge on any atom is 0.407 e. The summed E-state index contributed by atoms with van der Waals surface area (Å²) in [5, 5.41) is 27.1. The number of likely N-dealkylation sites (tertiary alicyclic amines) is 1. The average Bonchev–Trinajstić information content (AvgIpc) is 3.15. The minimum Gasteiger partial charge on any atom is -0.481 e. The molecule has 1 aliphatic heterocycles. The van der Waals surface area contributed by atoms with E-state index >= 15 is 4.39 Å². The van der Waals surface area contributed by atoms with Crippen LogP contribution in [0.25, 0.3) is 0 Å². The van der Waals surface area contributed by atoms with E-state index in [9.17, 15) is 24.6 Å². The SMILES string of the molecule is CCC(=O)c1cc(Nc2cc(C)n(C(C)(C)C)n2)nc(CC2(C(=O)O)CCN(C(=O)O)C(C)C2)c1F. The number of halogens is 1. The molecule has 2 aromatic heterocycles. The number of carbonyl (C=O) groups is 3. The second-order valence-corrected chi connectivity index (χ2v) is 10.5. The van der Waals surface area contributed by atoms with Crippen LogP contribution in [0.2, 0.25) is 0 Å². The van der Waals surface area contributed by atoms with Crippen molar-refractivity contribution < 1.29 is 29.0 Å². The molecular weight excluding hydrogens is 469 g/mol. The summed E-state index contributed by atoms with van der Waals surface area (Å²) < 4.78 is 17.3. The predicted molar refractivity (Wildman–Crippen MR) is 131 cm³/mol. The molecule has 3 heterocycles. The first-order chi connectivity index (χ1) is 16.7. The van der Waals surface area contributed by atoms with Crippen molar-refractivity contribution in [1.29, 1.82) is 0 Å². The van der Waals surface area contributed by atoms with Crippen LogP contribution in [0.15, 0.2) is 12.1 Å². The van der Waals surface area contributed by atoms with Crippen LogP contribution >= 0.6 is 0 Å². The Hall–Kier alpha value is -3.50. The Kier molecular flexibility index (Phi) is 7.42. The van der Waals surface area contributed by atoms with Crippen LogP contribution < -0.4 is 5.32 Å². The molecule has 1 saturated heterocycles. The molecule has 2 atom stereocenters. The molecular formula is C25H34FN5O5. The highest BCUT2D eigenvalue weighted by atomic mass is 19.1. The van der Waals surface area contributed by atoms with Crippen molar-refractivity contribution in [3.63, 3.8) is 0 Å². The first-order valence-corrected chi connectivity index (χ1v) is 12.0. The standard InChI is InChI=1S/C25H34FN5O5/c1-7-18(32)16-11-19(28-20-10-14(2)31(29-20)24(4,5)6)27-17(21(16)26)13-25(22(33)34)8-9-30(23(35)36)15(3)12-25/h10-11,15H,7-9,12-13H2,1-6H3,(H,33,34)(H,35,36)(H,27,28,29). The largest absolute Gasteiger partial charge is 0.481 e. The number of hydrogen-bond donors (Lipinski definition) is 3. The number of hydrogen-bond acceptors (Lipinski definition) is 6. The summed E-state index contributed by atoms with van der Waals surface area (Å²) in [6, 6.07) is 2.55. The zero-order valence-corrected chi connectivity index (χ0v) is 21.6. The molecule has 0 aliphatic carbocycles. The molecule has 0 bridgehead atoms. The fraction of sp³-hybridized carbons (Fsp3) is 0.560. The molecule has 36 heavy (non-hydrogen) atoms. The summed E-state index contributed by atoms with van der Waals surface area (Å²) in [5.41, 5.74) is -1.13. The van der Waals surface area contributed by atoms with Gasteiger partial charge in [-0.2, -0.15) is 5.10 Å². The van der Waals surface area contributed by atoms with E-state index in [2.05, 4.69) is 15.4 Å². The first-order valence-electron chi connectivity index (χ1n) is 12.0. The normalized spacial score (nSPS) is 20.3. The minimum atomic E-state index is -1.42. The van der Waals surface area contributed by atoms with Crippen molar-refractivity contribution in [2.75, 3.05) is 11.9 Å². The second kappa shape index (κ2) is 9.87. The maximum absolute atomic E-state index is 15.5. The summed E-state index contributed by atoms with van der Waals surface area (Å²) in [7, 11) is 0. The van der Waals surface area contributed by atoms with Gasteiger partial charge >= 0.3 is 12.1 Å². The fourth-order valence-corrected chi connectivity index (χ4v) is 4.87. The van der Waals surface area contributed by atoms with E-state index in [1.807, 2.05) is 32.4 Å². The van der Waals surface area contributed by atoms with Gasteiger partial charge in [-0.05, 0) is 53.5 Å². The summed E-state index contributed by atoms with van der Waals surface area (Å²) in [6.07, 6.45) is -1.34. The first kappa shape index (κ1) is 27.1. The highest BCUT2D eigenvalue weighted by Crippen LogP contribution is 2.39. The van der Waals surface area contributed by atoms with Crippen molar-refractivity contribution in [2.24, 2.45) is 5.41 Å². The van der Waals surface area contributed by atoms with Crippen molar-refractivity contribution in [1.82, 2.24) is 19.7 Å². The maximum atomic E-state index is 15.5. The number of Topliss-reactive ketones (excluding diaryl/α,β-unsaturated/α-hetero) is 1. The van der Waals surface area contributed by atoms with Crippen molar-refractivity contribution in [3.8, 4) is 0 Å². The number of nitrogens with one attached hydrogen (secondary N) is 1. The molecule has 0 aromatic carbocycles. The van der Waals surface area contributed by atoms with Gasteiger partial charge in [-0.25, -0.2) is 14.2 Å². The smallest absolute Gasteiger partial charge is 0.407 e. The number of pyridine rings is 1. The van der Waals surface area contributed by atoms with Crippen LogP contribution in [-0.2, 0) is 16.8 Å².